The van der Waals surface area contributed by atoms with E-state index in [4.69, 9.17) is 5.73 Å². The largest absolute Gasteiger partial charge is 0.348 e. The average molecular weight is 311 g/mol. The Kier molecular flexibility index (Phi) is 4.40. The van der Waals surface area contributed by atoms with Gasteiger partial charge in [0.25, 0.3) is 5.91 Å². The third-order valence-corrected chi connectivity index (χ3v) is 4.62. The maximum absolute atomic E-state index is 12.2. The zero-order valence-corrected chi connectivity index (χ0v) is 12.2. The predicted molar refractivity (Wildman–Crippen MR) is 76.6 cm³/mol. The molecule has 1 fully saturated rings. The monoisotopic (exact) mass is 310 g/mol. The Labute approximate surface area is 116 Å². The van der Waals surface area contributed by atoms with Gasteiger partial charge in [-0.25, -0.2) is 0 Å². The molecule has 3 nitrogen and oxygen atoms in total. The van der Waals surface area contributed by atoms with Gasteiger partial charge in [0.15, 0.2) is 0 Å². The van der Waals surface area contributed by atoms with Gasteiger partial charge in [-0.3, -0.25) is 4.79 Å². The molecule has 4 heteroatoms. The summed E-state index contributed by atoms with van der Waals surface area (Å²) >= 11 is 3.47. The normalized spacial score (nSPS) is 23.7. The van der Waals surface area contributed by atoms with Crippen molar-refractivity contribution in [1.82, 2.24) is 5.32 Å². The lowest BCUT2D eigenvalue weighted by Gasteiger charge is -2.29. The number of amides is 1. The van der Waals surface area contributed by atoms with Gasteiger partial charge in [-0.2, -0.15) is 0 Å². The Morgan fingerprint density at radius 3 is 2.83 bits per heavy atom. The molecule has 1 saturated carbocycles. The number of benzene rings is 1. The quantitative estimate of drug-likeness (QED) is 0.882. The Bertz CT molecular complexity index is 447. The minimum absolute atomic E-state index is 0.0343. The Hall–Kier alpha value is -0.870. The number of halogens is 1. The van der Waals surface area contributed by atoms with Crippen LogP contribution < -0.4 is 11.1 Å². The summed E-state index contributed by atoms with van der Waals surface area (Å²) in [5.41, 5.74) is 7.80. The number of nitrogens with two attached hydrogens (primary N) is 1. The Balaban J connectivity index is 2.09. The van der Waals surface area contributed by atoms with E-state index in [1.165, 1.54) is 6.42 Å². The van der Waals surface area contributed by atoms with Crippen LogP contribution in [-0.4, -0.2) is 18.0 Å². The van der Waals surface area contributed by atoms with Crippen LogP contribution in [0.1, 0.15) is 41.6 Å². The van der Waals surface area contributed by atoms with Crippen molar-refractivity contribution < 1.29 is 4.79 Å². The molecule has 1 amide bonds. The number of carbonyl (C=O) groups is 1. The second-order valence-corrected chi connectivity index (χ2v) is 5.76. The number of rotatable bonds is 2. The van der Waals surface area contributed by atoms with Gasteiger partial charge in [-0.15, -0.1) is 0 Å². The van der Waals surface area contributed by atoms with E-state index in [1.807, 2.05) is 25.1 Å². The van der Waals surface area contributed by atoms with Crippen molar-refractivity contribution >= 4 is 21.8 Å². The van der Waals surface area contributed by atoms with Crippen LogP contribution in [0.5, 0.6) is 0 Å². The van der Waals surface area contributed by atoms with E-state index in [9.17, 15) is 4.79 Å². The molecule has 98 valence electrons. The predicted octanol–water partition coefficient (Wildman–Crippen LogP) is 2.76. The molecule has 0 bridgehead atoms. The fourth-order valence-corrected chi connectivity index (χ4v) is 2.85. The number of aryl methyl sites for hydroxylation is 1. The van der Waals surface area contributed by atoms with E-state index in [2.05, 4.69) is 21.2 Å². The first-order valence-electron chi connectivity index (χ1n) is 6.41. The standard InChI is InChI=1S/C14H19BrN2O/c1-9-5-4-6-10(13(9)15)14(18)17-12-8-3-2-7-11(12)16/h4-6,11-12H,2-3,7-8,16H2,1H3,(H,17,18). The second kappa shape index (κ2) is 5.85. The molecule has 1 aliphatic rings. The lowest BCUT2D eigenvalue weighted by Crippen LogP contribution is -2.49. The van der Waals surface area contributed by atoms with Crippen molar-refractivity contribution in [2.45, 2.75) is 44.7 Å². The zero-order chi connectivity index (χ0) is 13.1. The molecule has 18 heavy (non-hydrogen) atoms. The molecule has 3 N–H and O–H groups in total. The molecule has 0 saturated heterocycles. The van der Waals surface area contributed by atoms with Gasteiger partial charge in [-0.05, 0) is 47.3 Å². The zero-order valence-electron chi connectivity index (χ0n) is 10.6. The third kappa shape index (κ3) is 2.93. The van der Waals surface area contributed by atoms with Crippen molar-refractivity contribution in [3.05, 3.63) is 33.8 Å². The molecule has 2 rings (SSSR count). The van der Waals surface area contributed by atoms with E-state index < -0.39 is 0 Å². The average Bonchev–Trinajstić information content (AvgIpc) is 2.35. The SMILES string of the molecule is Cc1cccc(C(=O)NC2CCCCC2N)c1Br. The summed E-state index contributed by atoms with van der Waals surface area (Å²) in [4.78, 5) is 12.2. The fraction of sp³-hybridized carbons (Fsp3) is 0.500. The van der Waals surface area contributed by atoms with Crippen molar-refractivity contribution in [3.63, 3.8) is 0 Å². The fourth-order valence-electron chi connectivity index (χ4n) is 2.41. The van der Waals surface area contributed by atoms with Gasteiger partial charge >= 0.3 is 0 Å². The molecule has 0 radical (unpaired) electrons. The van der Waals surface area contributed by atoms with Crippen LogP contribution >= 0.6 is 15.9 Å². The van der Waals surface area contributed by atoms with Crippen molar-refractivity contribution in [3.8, 4) is 0 Å². The number of hydrogen-bond acceptors (Lipinski definition) is 2. The molecule has 1 aliphatic carbocycles. The summed E-state index contributed by atoms with van der Waals surface area (Å²) in [6.45, 7) is 1.98. The molecule has 2 unspecified atom stereocenters. The summed E-state index contributed by atoms with van der Waals surface area (Å²) in [6.07, 6.45) is 4.30. The van der Waals surface area contributed by atoms with Gasteiger partial charge < -0.3 is 11.1 Å². The van der Waals surface area contributed by atoms with Crippen LogP contribution in [0.25, 0.3) is 0 Å². The second-order valence-electron chi connectivity index (χ2n) is 4.96. The van der Waals surface area contributed by atoms with Crippen LogP contribution in [0.4, 0.5) is 0 Å². The van der Waals surface area contributed by atoms with Crippen LogP contribution in [0.3, 0.4) is 0 Å². The van der Waals surface area contributed by atoms with Crippen LogP contribution in [0, 0.1) is 6.92 Å². The molecule has 1 aromatic carbocycles. The molecule has 2 atom stereocenters. The van der Waals surface area contributed by atoms with Crippen LogP contribution in [0.2, 0.25) is 0 Å². The maximum atomic E-state index is 12.2. The van der Waals surface area contributed by atoms with E-state index >= 15 is 0 Å². The lowest BCUT2D eigenvalue weighted by atomic mass is 9.91. The van der Waals surface area contributed by atoms with Gasteiger partial charge in [0, 0.05) is 16.6 Å². The van der Waals surface area contributed by atoms with Gasteiger partial charge in [-0.1, -0.05) is 25.0 Å². The number of hydrogen-bond donors (Lipinski definition) is 2. The van der Waals surface area contributed by atoms with E-state index in [0.717, 1.165) is 29.3 Å². The van der Waals surface area contributed by atoms with Crippen molar-refractivity contribution in [1.29, 1.82) is 0 Å². The molecule has 0 heterocycles. The highest BCUT2D eigenvalue weighted by atomic mass is 79.9. The van der Waals surface area contributed by atoms with Crippen molar-refractivity contribution in [2.24, 2.45) is 5.73 Å². The summed E-state index contributed by atoms with van der Waals surface area (Å²) in [5.74, 6) is -0.0343. The topological polar surface area (TPSA) is 55.1 Å². The van der Waals surface area contributed by atoms with E-state index in [-0.39, 0.29) is 18.0 Å². The van der Waals surface area contributed by atoms with E-state index in [1.54, 1.807) is 0 Å². The molecule has 0 aromatic heterocycles. The number of nitrogens with one attached hydrogen (secondary N) is 1. The summed E-state index contributed by atoms with van der Waals surface area (Å²) in [5, 5.41) is 3.06. The Morgan fingerprint density at radius 2 is 2.11 bits per heavy atom. The maximum Gasteiger partial charge on any atom is 0.252 e. The van der Waals surface area contributed by atoms with Crippen LogP contribution in [-0.2, 0) is 0 Å². The minimum atomic E-state index is -0.0343. The molecule has 0 aliphatic heterocycles. The molecular formula is C14H19BrN2O. The summed E-state index contributed by atoms with van der Waals surface area (Å²) < 4.78 is 0.867. The first-order valence-corrected chi connectivity index (χ1v) is 7.20. The summed E-state index contributed by atoms with van der Waals surface area (Å²) in [6, 6.07) is 5.91. The highest BCUT2D eigenvalue weighted by Gasteiger charge is 2.24. The molecular weight excluding hydrogens is 292 g/mol. The lowest BCUT2D eigenvalue weighted by molar-refractivity contribution is 0.0920. The third-order valence-electron chi connectivity index (χ3n) is 3.57. The molecule has 0 spiro atoms. The number of carbonyl (C=O) groups excluding carboxylic acids is 1. The highest BCUT2D eigenvalue weighted by Crippen LogP contribution is 2.22. The first-order chi connectivity index (χ1) is 8.59. The first kappa shape index (κ1) is 13.6. The van der Waals surface area contributed by atoms with Gasteiger partial charge in [0.2, 0.25) is 0 Å². The highest BCUT2D eigenvalue weighted by molar-refractivity contribution is 9.10. The smallest absolute Gasteiger partial charge is 0.252 e. The Morgan fingerprint density at radius 1 is 1.39 bits per heavy atom. The van der Waals surface area contributed by atoms with Crippen LogP contribution in [0.15, 0.2) is 22.7 Å². The van der Waals surface area contributed by atoms with Gasteiger partial charge in [0.05, 0.1) is 5.56 Å². The molecule has 1 aromatic rings. The van der Waals surface area contributed by atoms with E-state index in [0.29, 0.717) is 5.56 Å². The van der Waals surface area contributed by atoms with Gasteiger partial charge in [0.1, 0.15) is 0 Å². The van der Waals surface area contributed by atoms with Crippen molar-refractivity contribution in [2.75, 3.05) is 0 Å². The minimum Gasteiger partial charge on any atom is -0.348 e. The summed E-state index contributed by atoms with van der Waals surface area (Å²) in [7, 11) is 0.